The van der Waals surface area contributed by atoms with Crippen molar-refractivity contribution < 1.29 is 15.0 Å². The summed E-state index contributed by atoms with van der Waals surface area (Å²) in [7, 11) is 0. The Morgan fingerprint density at radius 3 is 2.87 bits per heavy atom. The number of aliphatic hydroxyl groups excluding tert-OH is 1. The van der Waals surface area contributed by atoms with E-state index in [0.29, 0.717) is 12.5 Å². The van der Waals surface area contributed by atoms with Crippen LogP contribution in [-0.4, -0.2) is 46.8 Å². The Balaban J connectivity index is 2.32. The van der Waals surface area contributed by atoms with Gasteiger partial charge in [-0.3, -0.25) is 4.79 Å². The number of aliphatic hydroxyl groups is 1. The predicted molar refractivity (Wildman–Crippen MR) is 57.7 cm³/mol. The first-order chi connectivity index (χ1) is 7.13. The molecule has 0 amide bonds. The van der Waals surface area contributed by atoms with Crippen LogP contribution in [0.1, 0.15) is 32.6 Å². The van der Waals surface area contributed by atoms with Gasteiger partial charge in [0.2, 0.25) is 0 Å². The van der Waals surface area contributed by atoms with Crippen LogP contribution in [0.3, 0.4) is 0 Å². The molecule has 1 rings (SSSR count). The molecule has 0 aromatic rings. The topological polar surface area (TPSA) is 60.8 Å². The molecule has 1 aliphatic rings. The fourth-order valence-corrected chi connectivity index (χ4v) is 2.21. The summed E-state index contributed by atoms with van der Waals surface area (Å²) in [6.07, 6.45) is 2.91. The predicted octanol–water partition coefficient (Wildman–Crippen LogP) is 0.944. The molecule has 2 N–H and O–H groups in total. The molecule has 0 radical (unpaired) electrons. The Morgan fingerprint density at radius 2 is 2.27 bits per heavy atom. The van der Waals surface area contributed by atoms with Crippen LogP contribution in [0.25, 0.3) is 0 Å². The lowest BCUT2D eigenvalue weighted by Crippen LogP contribution is -2.43. The van der Waals surface area contributed by atoms with Crippen molar-refractivity contribution in [1.82, 2.24) is 4.90 Å². The van der Waals surface area contributed by atoms with Gasteiger partial charge >= 0.3 is 5.97 Å². The highest BCUT2D eigenvalue weighted by molar-refractivity contribution is 5.66. The molecule has 15 heavy (non-hydrogen) atoms. The molecular formula is C11H21NO3. The second kappa shape index (κ2) is 6.08. The second-order valence-corrected chi connectivity index (χ2v) is 4.35. The van der Waals surface area contributed by atoms with E-state index in [0.717, 1.165) is 32.4 Å². The number of carboxylic acid groups (broad SMARTS) is 1. The van der Waals surface area contributed by atoms with Crippen molar-refractivity contribution in [2.75, 3.05) is 19.6 Å². The maximum Gasteiger partial charge on any atom is 0.304 e. The highest BCUT2D eigenvalue weighted by atomic mass is 16.4. The first kappa shape index (κ1) is 12.5. The molecule has 1 aliphatic heterocycles. The highest BCUT2D eigenvalue weighted by Crippen LogP contribution is 2.21. The smallest absolute Gasteiger partial charge is 0.304 e. The van der Waals surface area contributed by atoms with Gasteiger partial charge in [0, 0.05) is 19.6 Å². The number of rotatable bonds is 5. The van der Waals surface area contributed by atoms with E-state index in [-0.39, 0.29) is 12.5 Å². The molecule has 0 saturated carbocycles. The lowest BCUT2D eigenvalue weighted by Gasteiger charge is -2.35. The zero-order chi connectivity index (χ0) is 11.3. The molecular weight excluding hydrogens is 194 g/mol. The standard InChI is InChI=1S/C11H21NO3/c1-2-3-9-8-12(6-4-10(9)13)7-5-11(14)15/h9-10,13H,2-8H2,1H3,(H,14,15)/t9-,10-/m0/s1. The van der Waals surface area contributed by atoms with Crippen molar-refractivity contribution in [3.8, 4) is 0 Å². The fraction of sp³-hybridized carbons (Fsp3) is 0.909. The zero-order valence-electron chi connectivity index (χ0n) is 9.35. The van der Waals surface area contributed by atoms with Crippen LogP contribution < -0.4 is 0 Å². The maximum absolute atomic E-state index is 10.4. The first-order valence-corrected chi connectivity index (χ1v) is 5.75. The number of carboxylic acids is 1. The van der Waals surface area contributed by atoms with Gasteiger partial charge in [-0.1, -0.05) is 13.3 Å². The van der Waals surface area contributed by atoms with Crippen LogP contribution >= 0.6 is 0 Å². The molecule has 1 fully saturated rings. The van der Waals surface area contributed by atoms with Crippen molar-refractivity contribution in [1.29, 1.82) is 0 Å². The number of piperidine rings is 1. The maximum atomic E-state index is 10.4. The molecule has 0 bridgehead atoms. The van der Waals surface area contributed by atoms with Gasteiger partial charge in [-0.2, -0.15) is 0 Å². The van der Waals surface area contributed by atoms with Gasteiger partial charge < -0.3 is 15.1 Å². The van der Waals surface area contributed by atoms with Gasteiger partial charge in [-0.05, 0) is 18.8 Å². The summed E-state index contributed by atoms with van der Waals surface area (Å²) in [5, 5.41) is 18.3. The van der Waals surface area contributed by atoms with Crippen molar-refractivity contribution in [3.63, 3.8) is 0 Å². The van der Waals surface area contributed by atoms with Crippen LogP contribution in [0.2, 0.25) is 0 Å². The number of carbonyl (C=O) groups is 1. The molecule has 0 aromatic heterocycles. The summed E-state index contributed by atoms with van der Waals surface area (Å²) < 4.78 is 0. The Bertz CT molecular complexity index is 208. The van der Waals surface area contributed by atoms with Crippen LogP contribution in [-0.2, 0) is 4.79 Å². The molecule has 0 aliphatic carbocycles. The Hall–Kier alpha value is -0.610. The summed E-state index contributed by atoms with van der Waals surface area (Å²) in [5.41, 5.74) is 0. The number of aliphatic carboxylic acids is 1. The van der Waals surface area contributed by atoms with Gasteiger partial charge in [0.1, 0.15) is 0 Å². The Labute approximate surface area is 90.9 Å². The quantitative estimate of drug-likeness (QED) is 0.716. The highest BCUT2D eigenvalue weighted by Gasteiger charge is 2.26. The van der Waals surface area contributed by atoms with E-state index >= 15 is 0 Å². The third-order valence-corrected chi connectivity index (χ3v) is 3.08. The number of hydrogen-bond donors (Lipinski definition) is 2. The van der Waals surface area contributed by atoms with Crippen molar-refractivity contribution >= 4 is 5.97 Å². The Kier molecular flexibility index (Phi) is 5.05. The van der Waals surface area contributed by atoms with E-state index in [2.05, 4.69) is 11.8 Å². The van der Waals surface area contributed by atoms with E-state index in [1.165, 1.54) is 0 Å². The molecule has 0 spiro atoms. The molecule has 1 heterocycles. The molecule has 1 saturated heterocycles. The summed E-state index contributed by atoms with van der Waals surface area (Å²) in [4.78, 5) is 12.6. The molecule has 88 valence electrons. The zero-order valence-corrected chi connectivity index (χ0v) is 9.35. The van der Waals surface area contributed by atoms with Crippen LogP contribution in [0.15, 0.2) is 0 Å². The van der Waals surface area contributed by atoms with E-state index in [4.69, 9.17) is 5.11 Å². The average molecular weight is 215 g/mol. The second-order valence-electron chi connectivity index (χ2n) is 4.35. The molecule has 4 heteroatoms. The molecule has 2 atom stereocenters. The fourth-order valence-electron chi connectivity index (χ4n) is 2.21. The minimum Gasteiger partial charge on any atom is -0.481 e. The molecule has 4 nitrogen and oxygen atoms in total. The summed E-state index contributed by atoms with van der Waals surface area (Å²) in [5.74, 6) is -0.411. The van der Waals surface area contributed by atoms with E-state index in [1.807, 2.05) is 0 Å². The first-order valence-electron chi connectivity index (χ1n) is 5.75. The molecule has 0 unspecified atom stereocenters. The van der Waals surface area contributed by atoms with Gasteiger partial charge in [-0.15, -0.1) is 0 Å². The van der Waals surface area contributed by atoms with Gasteiger partial charge in [0.05, 0.1) is 12.5 Å². The number of likely N-dealkylation sites (tertiary alicyclic amines) is 1. The number of hydrogen-bond acceptors (Lipinski definition) is 3. The van der Waals surface area contributed by atoms with Crippen molar-refractivity contribution in [2.24, 2.45) is 5.92 Å². The van der Waals surface area contributed by atoms with Gasteiger partial charge in [0.25, 0.3) is 0 Å². The minimum absolute atomic E-state index is 0.189. The monoisotopic (exact) mass is 215 g/mol. The summed E-state index contributed by atoms with van der Waals surface area (Å²) >= 11 is 0. The van der Waals surface area contributed by atoms with E-state index in [1.54, 1.807) is 0 Å². The van der Waals surface area contributed by atoms with Crippen LogP contribution in [0.5, 0.6) is 0 Å². The average Bonchev–Trinajstić information content (AvgIpc) is 2.19. The minimum atomic E-state index is -0.742. The van der Waals surface area contributed by atoms with Crippen molar-refractivity contribution in [3.05, 3.63) is 0 Å². The normalized spacial score (nSPS) is 27.9. The summed E-state index contributed by atoms with van der Waals surface area (Å²) in [6, 6.07) is 0. The Morgan fingerprint density at radius 1 is 1.53 bits per heavy atom. The van der Waals surface area contributed by atoms with E-state index in [9.17, 15) is 9.90 Å². The number of nitrogens with zero attached hydrogens (tertiary/aromatic N) is 1. The third-order valence-electron chi connectivity index (χ3n) is 3.08. The molecule has 0 aromatic carbocycles. The van der Waals surface area contributed by atoms with Gasteiger partial charge in [-0.25, -0.2) is 0 Å². The van der Waals surface area contributed by atoms with Gasteiger partial charge in [0.15, 0.2) is 0 Å². The van der Waals surface area contributed by atoms with Crippen molar-refractivity contribution in [2.45, 2.75) is 38.7 Å². The van der Waals surface area contributed by atoms with Crippen LogP contribution in [0.4, 0.5) is 0 Å². The third kappa shape index (κ3) is 4.18. The SMILES string of the molecule is CCC[C@H]1CN(CCC(=O)O)CC[C@@H]1O. The van der Waals surface area contributed by atoms with Crippen LogP contribution in [0, 0.1) is 5.92 Å². The largest absolute Gasteiger partial charge is 0.481 e. The van der Waals surface area contributed by atoms with E-state index < -0.39 is 5.97 Å². The lowest BCUT2D eigenvalue weighted by molar-refractivity contribution is -0.137. The summed E-state index contributed by atoms with van der Waals surface area (Å²) in [6.45, 7) is 4.40. The lowest BCUT2D eigenvalue weighted by atomic mass is 9.91.